The number of carboxylic acids is 1. The van der Waals surface area contributed by atoms with Crippen LogP contribution in [-0.4, -0.2) is 343 Å². The molecule has 0 aliphatic heterocycles. The lowest BCUT2D eigenvalue weighted by molar-refractivity contribution is -0.138. The molecular formula is C53H103N3O26. The van der Waals surface area contributed by atoms with Gasteiger partial charge in [0.1, 0.15) is 0 Å². The summed E-state index contributed by atoms with van der Waals surface area (Å²) in [7, 11) is 0. The molecule has 0 bridgehead atoms. The third-order valence-corrected chi connectivity index (χ3v) is 9.95. The molecule has 0 saturated heterocycles. The van der Waals surface area contributed by atoms with Crippen molar-refractivity contribution in [3.63, 3.8) is 0 Å². The van der Waals surface area contributed by atoms with Crippen LogP contribution in [0, 0.1) is 0 Å². The standard InChI is InChI=1S/C53H103N3O26/c57-53(58)1-5-59-7-9-61-11-13-63-15-17-65-19-21-67-23-25-69-27-29-71-31-33-73-35-37-75-39-41-77-43-45-79-47-49-81-51-52-82-50-48-80-46-44-78-42-40-76-38-36-74-34-32-72-30-28-70-26-24-68-22-20-66-18-16-64-14-12-62-10-8-60-6-4-56-3-2-54-55-56/h2-3H,1,4-52H2,(H,57,58). The Kier molecular flexibility index (Phi) is 67.4. The van der Waals surface area contributed by atoms with Gasteiger partial charge in [0.05, 0.1) is 336 Å². The predicted molar refractivity (Wildman–Crippen MR) is 292 cm³/mol. The van der Waals surface area contributed by atoms with Gasteiger partial charge in [-0.25, -0.2) is 0 Å². The zero-order valence-electron chi connectivity index (χ0n) is 49.0. The number of carbonyl (C=O) groups is 1. The third-order valence-electron chi connectivity index (χ3n) is 9.95. The highest BCUT2D eigenvalue weighted by Crippen LogP contribution is 1.92. The second-order valence-corrected chi connectivity index (χ2v) is 16.5. The van der Waals surface area contributed by atoms with Gasteiger partial charge in [0.2, 0.25) is 0 Å². The lowest BCUT2D eigenvalue weighted by Crippen LogP contribution is -2.16. The van der Waals surface area contributed by atoms with Crippen molar-refractivity contribution in [2.45, 2.75) is 13.0 Å². The molecule has 0 atom stereocenters. The molecule has 0 aliphatic rings. The Morgan fingerprint density at radius 1 is 0.244 bits per heavy atom. The monoisotopic (exact) mass is 1200 g/mol. The number of aromatic nitrogens is 3. The van der Waals surface area contributed by atoms with Gasteiger partial charge in [-0.1, -0.05) is 5.21 Å². The molecule has 0 aromatic carbocycles. The molecule has 1 rings (SSSR count). The lowest BCUT2D eigenvalue weighted by atomic mass is 10.5. The summed E-state index contributed by atoms with van der Waals surface area (Å²) in [5, 5.41) is 16.1. The number of carboxylic acid groups (broad SMARTS) is 1. The predicted octanol–water partition coefficient (Wildman–Crippen LogP) is 0.151. The van der Waals surface area contributed by atoms with Crippen molar-refractivity contribution in [3.05, 3.63) is 12.4 Å². The highest BCUT2D eigenvalue weighted by molar-refractivity contribution is 5.66. The molecule has 0 unspecified atom stereocenters. The average molecular weight is 1200 g/mol. The molecule has 1 heterocycles. The fourth-order valence-electron chi connectivity index (χ4n) is 5.83. The van der Waals surface area contributed by atoms with Gasteiger partial charge in [0.15, 0.2) is 0 Å². The van der Waals surface area contributed by atoms with Crippen molar-refractivity contribution in [1.82, 2.24) is 15.0 Å². The van der Waals surface area contributed by atoms with Crippen molar-refractivity contribution in [2.75, 3.05) is 317 Å². The number of ether oxygens (including phenoxy) is 24. The molecule has 0 spiro atoms. The number of hydrogen-bond donors (Lipinski definition) is 1. The van der Waals surface area contributed by atoms with E-state index < -0.39 is 5.97 Å². The van der Waals surface area contributed by atoms with E-state index in [-0.39, 0.29) is 13.0 Å². The number of hydrogen-bond acceptors (Lipinski definition) is 27. The maximum absolute atomic E-state index is 10.4. The van der Waals surface area contributed by atoms with Crippen LogP contribution in [0.4, 0.5) is 0 Å². The summed E-state index contributed by atoms with van der Waals surface area (Å²) in [6.07, 6.45) is 3.42. The van der Waals surface area contributed by atoms with E-state index in [2.05, 4.69) is 10.3 Å². The topological polar surface area (TPSA) is 290 Å². The third kappa shape index (κ3) is 68.4. The van der Waals surface area contributed by atoms with Crippen molar-refractivity contribution in [2.24, 2.45) is 0 Å². The molecule has 0 amide bonds. The number of rotatable bonds is 75. The maximum Gasteiger partial charge on any atom is 0.305 e. The van der Waals surface area contributed by atoms with Crippen LogP contribution >= 0.6 is 0 Å². The van der Waals surface area contributed by atoms with E-state index in [1.165, 1.54) is 0 Å². The van der Waals surface area contributed by atoms with Gasteiger partial charge in [-0.15, -0.1) is 5.10 Å². The fraction of sp³-hybridized carbons (Fsp3) is 0.943. The Morgan fingerprint density at radius 3 is 0.524 bits per heavy atom. The summed E-state index contributed by atoms with van der Waals surface area (Å²) >= 11 is 0. The number of nitrogens with zero attached hydrogens (tertiary/aromatic N) is 3. The van der Waals surface area contributed by atoms with Gasteiger partial charge < -0.3 is 119 Å². The largest absolute Gasteiger partial charge is 0.481 e. The molecule has 0 radical (unpaired) electrons. The zero-order valence-corrected chi connectivity index (χ0v) is 49.0. The smallest absolute Gasteiger partial charge is 0.305 e. The molecule has 0 saturated carbocycles. The summed E-state index contributed by atoms with van der Waals surface area (Å²) in [5.41, 5.74) is 0. The van der Waals surface area contributed by atoms with Crippen LogP contribution in [0.1, 0.15) is 6.42 Å². The van der Waals surface area contributed by atoms with Gasteiger partial charge in [0.25, 0.3) is 0 Å². The number of aliphatic carboxylic acids is 1. The SMILES string of the molecule is O=C(O)CCOCCOCCOCCOCCOCCOCCOCCOCCOCCOCCOCCOCCOCCOCCOCCOCCOCCOCCOCCOCCOCCOCCOCCOCCn1ccnn1. The summed E-state index contributed by atoms with van der Waals surface area (Å²) in [6, 6.07) is 0. The van der Waals surface area contributed by atoms with Crippen LogP contribution < -0.4 is 0 Å². The van der Waals surface area contributed by atoms with Crippen LogP contribution in [-0.2, 0) is 125 Å². The van der Waals surface area contributed by atoms with E-state index in [9.17, 15) is 4.79 Å². The summed E-state index contributed by atoms with van der Waals surface area (Å²) in [6.45, 7) is 23.4. The molecular weight excluding hydrogens is 1090 g/mol. The molecule has 486 valence electrons. The molecule has 1 N–H and O–H groups in total. The molecule has 0 fully saturated rings. The Morgan fingerprint density at radius 2 is 0.390 bits per heavy atom. The Labute approximate surface area is 486 Å². The van der Waals surface area contributed by atoms with E-state index in [1.54, 1.807) is 17.1 Å². The lowest BCUT2D eigenvalue weighted by Gasteiger charge is -2.09. The minimum absolute atomic E-state index is 0.0100. The summed E-state index contributed by atoms with van der Waals surface area (Å²) in [4.78, 5) is 10.4. The minimum atomic E-state index is -0.880. The first-order valence-electron chi connectivity index (χ1n) is 28.7. The zero-order chi connectivity index (χ0) is 58.3. The normalized spacial score (nSPS) is 11.7. The highest BCUT2D eigenvalue weighted by atomic mass is 16.6. The van der Waals surface area contributed by atoms with Crippen LogP contribution in [0.3, 0.4) is 0 Å². The molecule has 29 heteroatoms. The first-order valence-corrected chi connectivity index (χ1v) is 28.7. The van der Waals surface area contributed by atoms with Crippen LogP contribution in [0.25, 0.3) is 0 Å². The van der Waals surface area contributed by atoms with E-state index in [0.717, 1.165) is 0 Å². The molecule has 29 nitrogen and oxygen atoms in total. The summed E-state index contributed by atoms with van der Waals surface area (Å²) < 4.78 is 133. The second kappa shape index (κ2) is 71.1. The molecule has 1 aromatic rings. The summed E-state index contributed by atoms with van der Waals surface area (Å²) in [5.74, 6) is -0.880. The van der Waals surface area contributed by atoms with E-state index in [4.69, 9.17) is 119 Å². The quantitative estimate of drug-likeness (QED) is 0.0850. The molecule has 1 aromatic heterocycles. The van der Waals surface area contributed by atoms with Gasteiger partial charge in [-0.2, -0.15) is 0 Å². The maximum atomic E-state index is 10.4. The fourth-order valence-corrected chi connectivity index (χ4v) is 5.83. The van der Waals surface area contributed by atoms with Gasteiger partial charge in [-0.05, 0) is 0 Å². The second-order valence-electron chi connectivity index (χ2n) is 16.5. The Bertz CT molecular complexity index is 1330. The van der Waals surface area contributed by atoms with E-state index in [1.807, 2.05) is 0 Å². The van der Waals surface area contributed by atoms with Crippen LogP contribution in [0.15, 0.2) is 12.4 Å². The molecule has 82 heavy (non-hydrogen) atoms. The van der Waals surface area contributed by atoms with E-state index >= 15 is 0 Å². The van der Waals surface area contributed by atoms with Crippen molar-refractivity contribution in [1.29, 1.82) is 0 Å². The van der Waals surface area contributed by atoms with Crippen molar-refractivity contribution >= 4 is 5.97 Å². The Hall–Kier alpha value is -2.35. The Balaban J connectivity index is 1.58. The van der Waals surface area contributed by atoms with Crippen LogP contribution in [0.2, 0.25) is 0 Å². The minimum Gasteiger partial charge on any atom is -0.481 e. The van der Waals surface area contributed by atoms with Gasteiger partial charge >= 0.3 is 5.97 Å². The van der Waals surface area contributed by atoms with Crippen molar-refractivity contribution in [3.8, 4) is 0 Å². The molecule has 0 aliphatic carbocycles. The first kappa shape index (κ1) is 77.7. The van der Waals surface area contributed by atoms with Gasteiger partial charge in [0, 0.05) is 6.20 Å². The van der Waals surface area contributed by atoms with Crippen molar-refractivity contribution < 1.29 is 124 Å². The average Bonchev–Trinajstić information content (AvgIpc) is 4.01. The van der Waals surface area contributed by atoms with E-state index in [0.29, 0.717) is 317 Å². The van der Waals surface area contributed by atoms with Gasteiger partial charge in [-0.3, -0.25) is 9.48 Å². The first-order chi connectivity index (χ1) is 40.8. The highest BCUT2D eigenvalue weighted by Gasteiger charge is 2.01. The van der Waals surface area contributed by atoms with Crippen LogP contribution in [0.5, 0.6) is 0 Å².